The lowest BCUT2D eigenvalue weighted by molar-refractivity contribution is 0.838. The highest BCUT2D eigenvalue weighted by Gasteiger charge is 2.41. The van der Waals surface area contributed by atoms with Crippen LogP contribution in [-0.2, 0) is 12.8 Å². The molecule has 0 bridgehead atoms. The van der Waals surface area contributed by atoms with Crippen molar-refractivity contribution in [3.8, 4) is 23.3 Å². The van der Waals surface area contributed by atoms with E-state index < -0.39 is 8.07 Å². The van der Waals surface area contributed by atoms with Gasteiger partial charge in [-0.15, -0.1) is 5.54 Å². The van der Waals surface area contributed by atoms with Gasteiger partial charge in [-0.2, -0.15) is 0 Å². The van der Waals surface area contributed by atoms with Gasteiger partial charge in [0, 0.05) is 21.2 Å². The number of benzene rings is 2. The van der Waals surface area contributed by atoms with Crippen LogP contribution < -0.4 is 0 Å². The summed E-state index contributed by atoms with van der Waals surface area (Å²) in [6.07, 6.45) is 1.93. The molecule has 2 rings (SSSR count). The number of hydrogen-bond donors (Lipinski definition) is 0. The minimum Gasteiger partial charge on any atom is -0.125 e. The van der Waals surface area contributed by atoms with E-state index in [1.54, 1.807) is 0 Å². The zero-order valence-electron chi connectivity index (χ0n) is 20.5. The van der Waals surface area contributed by atoms with Crippen LogP contribution in [0, 0.1) is 23.3 Å². The van der Waals surface area contributed by atoms with Crippen LogP contribution in [0.4, 0.5) is 0 Å². The van der Waals surface area contributed by atoms with E-state index >= 15 is 0 Å². The molecule has 164 valence electrons. The summed E-state index contributed by atoms with van der Waals surface area (Å²) in [6.45, 7) is 18.7. The third-order valence-corrected chi connectivity index (χ3v) is 13.3. The molecule has 0 fully saturated rings. The molecule has 2 heteroatoms. The number of halogens is 1. The van der Waals surface area contributed by atoms with Crippen LogP contribution in [0.3, 0.4) is 0 Å². The fourth-order valence-electron chi connectivity index (χ4n) is 4.84. The molecular formula is C29H37BrSi. The van der Waals surface area contributed by atoms with Crippen LogP contribution in [-0.4, -0.2) is 8.07 Å². The molecule has 2 aromatic carbocycles. The topological polar surface area (TPSA) is 0 Å². The van der Waals surface area contributed by atoms with Crippen LogP contribution in [0.5, 0.6) is 0 Å². The van der Waals surface area contributed by atoms with E-state index in [0.29, 0.717) is 16.6 Å². The van der Waals surface area contributed by atoms with Crippen molar-refractivity contribution in [2.24, 2.45) is 0 Å². The van der Waals surface area contributed by atoms with Crippen molar-refractivity contribution in [1.29, 1.82) is 0 Å². The van der Waals surface area contributed by atoms with E-state index in [4.69, 9.17) is 0 Å². The minimum absolute atomic E-state index is 0.646. The molecule has 0 nitrogen and oxygen atoms in total. The summed E-state index contributed by atoms with van der Waals surface area (Å²) >= 11 is 3.49. The second-order valence-corrected chi connectivity index (χ2v) is 15.8. The fraction of sp³-hybridized carbons (Fsp3) is 0.448. The fourth-order valence-corrected chi connectivity index (χ4v) is 10.3. The van der Waals surface area contributed by atoms with Gasteiger partial charge in [-0.25, -0.2) is 0 Å². The van der Waals surface area contributed by atoms with Gasteiger partial charge in [0.15, 0.2) is 0 Å². The van der Waals surface area contributed by atoms with Gasteiger partial charge < -0.3 is 0 Å². The summed E-state index contributed by atoms with van der Waals surface area (Å²) in [5.74, 6) is 10.5. The third-order valence-electron chi connectivity index (χ3n) is 6.53. The smallest absolute Gasteiger partial charge is 0.125 e. The van der Waals surface area contributed by atoms with Gasteiger partial charge in [0.25, 0.3) is 0 Å². The SMILES string of the molecule is CCc1cc(C#C[Si](C(C)C)(C(C)C)C(C)C)cc(CC)c1C#Cc1ccc(Br)cc1. The monoisotopic (exact) mass is 492 g/mol. The Morgan fingerprint density at radius 3 is 1.61 bits per heavy atom. The van der Waals surface area contributed by atoms with Crippen LogP contribution in [0.2, 0.25) is 16.6 Å². The molecule has 0 aliphatic carbocycles. The Balaban J connectivity index is 2.55. The first-order chi connectivity index (χ1) is 14.6. The van der Waals surface area contributed by atoms with Crippen LogP contribution in [0.1, 0.15) is 83.2 Å². The van der Waals surface area contributed by atoms with Crippen molar-refractivity contribution >= 4 is 24.0 Å². The molecule has 0 aliphatic rings. The maximum atomic E-state index is 3.88. The Kier molecular flexibility index (Phi) is 9.23. The highest BCUT2D eigenvalue weighted by atomic mass is 79.9. The zero-order chi connectivity index (χ0) is 23.2. The maximum absolute atomic E-state index is 3.88. The van der Waals surface area contributed by atoms with Gasteiger partial charge in [0.1, 0.15) is 8.07 Å². The molecule has 0 heterocycles. The van der Waals surface area contributed by atoms with Gasteiger partial charge in [-0.1, -0.05) is 89.1 Å². The summed E-state index contributed by atoms with van der Waals surface area (Å²) in [7, 11) is -1.74. The number of hydrogen-bond acceptors (Lipinski definition) is 0. The Morgan fingerprint density at radius 1 is 0.710 bits per heavy atom. The molecule has 0 aromatic heterocycles. The van der Waals surface area contributed by atoms with Crippen molar-refractivity contribution in [2.75, 3.05) is 0 Å². The molecule has 0 amide bonds. The lowest BCUT2D eigenvalue weighted by Crippen LogP contribution is -2.43. The molecular weight excluding hydrogens is 456 g/mol. The standard InChI is InChI=1S/C29H37BrSi/c1-9-26-19-25(17-18-31(21(3)4,22(5)6)23(7)8)20-27(10-2)29(26)16-13-24-11-14-28(30)15-12-24/h11-12,14-15,19-23H,9-10H2,1-8H3. The second-order valence-electron chi connectivity index (χ2n) is 9.28. The van der Waals surface area contributed by atoms with Gasteiger partial charge in [0.05, 0.1) is 0 Å². The van der Waals surface area contributed by atoms with Crippen molar-refractivity contribution in [3.63, 3.8) is 0 Å². The molecule has 0 radical (unpaired) electrons. The van der Waals surface area contributed by atoms with E-state index in [9.17, 15) is 0 Å². The van der Waals surface area contributed by atoms with E-state index in [1.165, 1.54) is 16.7 Å². The highest BCUT2D eigenvalue weighted by molar-refractivity contribution is 9.10. The normalized spacial score (nSPS) is 11.4. The first-order valence-electron chi connectivity index (χ1n) is 11.6. The summed E-state index contributed by atoms with van der Waals surface area (Å²) in [5, 5.41) is 0. The van der Waals surface area contributed by atoms with E-state index in [1.807, 2.05) is 12.1 Å². The number of aryl methyl sites for hydroxylation is 2. The largest absolute Gasteiger partial charge is 0.146 e. The van der Waals surface area contributed by atoms with Crippen molar-refractivity contribution in [1.82, 2.24) is 0 Å². The van der Waals surface area contributed by atoms with Crippen LogP contribution >= 0.6 is 15.9 Å². The molecule has 2 aromatic rings. The van der Waals surface area contributed by atoms with Gasteiger partial charge >= 0.3 is 0 Å². The van der Waals surface area contributed by atoms with E-state index in [2.05, 4.69) is 119 Å². The van der Waals surface area contributed by atoms with Gasteiger partial charge in [-0.05, 0) is 77.0 Å². The lowest BCUT2D eigenvalue weighted by Gasteiger charge is -2.38. The summed E-state index contributed by atoms with van der Waals surface area (Å²) in [5.41, 5.74) is 11.8. The predicted molar refractivity (Wildman–Crippen MR) is 143 cm³/mol. The highest BCUT2D eigenvalue weighted by Crippen LogP contribution is 2.40. The Bertz CT molecular complexity index is 958. The van der Waals surface area contributed by atoms with Crippen molar-refractivity contribution in [3.05, 3.63) is 68.7 Å². The zero-order valence-corrected chi connectivity index (χ0v) is 23.1. The average Bonchev–Trinajstić information content (AvgIpc) is 2.72. The molecule has 0 saturated carbocycles. The van der Waals surface area contributed by atoms with Crippen LogP contribution in [0.25, 0.3) is 0 Å². The molecule has 0 aliphatic heterocycles. The predicted octanol–water partition coefficient (Wildman–Crippen LogP) is 8.54. The molecule has 0 N–H and O–H groups in total. The van der Waals surface area contributed by atoms with Crippen LogP contribution in [0.15, 0.2) is 40.9 Å². The Morgan fingerprint density at radius 2 is 1.19 bits per heavy atom. The summed E-state index contributed by atoms with van der Waals surface area (Å²) in [6, 6.07) is 12.7. The maximum Gasteiger partial charge on any atom is 0.146 e. The summed E-state index contributed by atoms with van der Waals surface area (Å²) in [4.78, 5) is 0. The summed E-state index contributed by atoms with van der Waals surface area (Å²) < 4.78 is 1.08. The first-order valence-corrected chi connectivity index (χ1v) is 14.6. The van der Waals surface area contributed by atoms with Crippen molar-refractivity contribution < 1.29 is 0 Å². The van der Waals surface area contributed by atoms with Gasteiger partial charge in [-0.3, -0.25) is 0 Å². The first kappa shape index (κ1) is 25.5. The third kappa shape index (κ3) is 5.94. The van der Waals surface area contributed by atoms with Gasteiger partial charge in [0.2, 0.25) is 0 Å². The average molecular weight is 494 g/mol. The molecule has 31 heavy (non-hydrogen) atoms. The van der Waals surface area contributed by atoms with E-state index in [0.717, 1.165) is 28.4 Å². The Hall–Kier alpha value is -1.74. The minimum atomic E-state index is -1.74. The van der Waals surface area contributed by atoms with E-state index in [-0.39, 0.29) is 0 Å². The molecule has 0 unspecified atom stereocenters. The quantitative estimate of drug-likeness (QED) is 0.289. The molecule has 0 spiro atoms. The molecule has 0 saturated heterocycles. The molecule has 0 atom stereocenters. The second kappa shape index (κ2) is 11.2. The lowest BCUT2D eigenvalue weighted by atomic mass is 9.94. The number of rotatable bonds is 5. The Labute approximate surface area is 200 Å². The van der Waals surface area contributed by atoms with Crippen molar-refractivity contribution in [2.45, 2.75) is 84.9 Å².